The number of carbonyl (C=O) groups is 2. The molecular weight excluding hydrogens is 328 g/mol. The lowest BCUT2D eigenvalue weighted by Gasteiger charge is -2.12. The first kappa shape index (κ1) is 17.8. The summed E-state index contributed by atoms with van der Waals surface area (Å²) in [7, 11) is 1.55. The van der Waals surface area contributed by atoms with Crippen LogP contribution in [0.5, 0.6) is 5.75 Å². The van der Waals surface area contributed by atoms with Gasteiger partial charge in [0.1, 0.15) is 5.75 Å². The average molecular weight is 347 g/mol. The third kappa shape index (κ3) is 4.49. The molecule has 0 aliphatic rings. The van der Waals surface area contributed by atoms with E-state index in [1.807, 2.05) is 19.9 Å². The van der Waals surface area contributed by atoms with Gasteiger partial charge in [0.05, 0.1) is 24.4 Å². The van der Waals surface area contributed by atoms with Gasteiger partial charge in [-0.1, -0.05) is 17.7 Å². The van der Waals surface area contributed by atoms with Crippen LogP contribution in [0, 0.1) is 13.8 Å². The van der Waals surface area contributed by atoms with Crippen LogP contribution < -0.4 is 15.4 Å². The van der Waals surface area contributed by atoms with Gasteiger partial charge in [-0.25, -0.2) is 0 Å². The molecule has 0 aliphatic heterocycles. The Hall–Kier alpha value is -2.53. The highest BCUT2D eigenvalue weighted by Gasteiger charge is 2.11. The molecule has 126 valence electrons. The molecule has 0 bridgehead atoms. The predicted octanol–water partition coefficient (Wildman–Crippen LogP) is 3.33. The first-order chi connectivity index (χ1) is 11.4. The second-order valence-electron chi connectivity index (χ2n) is 5.40. The van der Waals surface area contributed by atoms with Crippen molar-refractivity contribution in [3.05, 3.63) is 58.1 Å². The maximum atomic E-state index is 12.0. The summed E-state index contributed by atoms with van der Waals surface area (Å²) >= 11 is 6.15. The molecule has 5 nitrogen and oxygen atoms in total. The summed E-state index contributed by atoms with van der Waals surface area (Å²) in [6.45, 7) is 3.65. The Morgan fingerprint density at radius 2 is 1.79 bits per heavy atom. The molecule has 2 N–H and O–H groups in total. The zero-order valence-corrected chi connectivity index (χ0v) is 14.5. The monoisotopic (exact) mass is 346 g/mol. The molecule has 2 amide bonds. The first-order valence-electron chi connectivity index (χ1n) is 7.39. The molecule has 24 heavy (non-hydrogen) atoms. The Kier molecular flexibility index (Phi) is 5.82. The lowest BCUT2D eigenvalue weighted by molar-refractivity contribution is -0.115. The molecule has 0 aliphatic carbocycles. The summed E-state index contributed by atoms with van der Waals surface area (Å²) in [5.41, 5.74) is 2.90. The lowest BCUT2D eigenvalue weighted by atomic mass is 10.1. The minimum atomic E-state index is -0.342. The number of aryl methyl sites for hydroxylation is 2. The summed E-state index contributed by atoms with van der Waals surface area (Å²) in [5, 5.41) is 5.77. The Morgan fingerprint density at radius 1 is 1.12 bits per heavy atom. The van der Waals surface area contributed by atoms with Crippen LogP contribution in [0.3, 0.4) is 0 Å². The van der Waals surface area contributed by atoms with E-state index in [1.54, 1.807) is 37.4 Å². The number of rotatable bonds is 5. The van der Waals surface area contributed by atoms with E-state index in [9.17, 15) is 9.59 Å². The van der Waals surface area contributed by atoms with Crippen LogP contribution >= 0.6 is 11.6 Å². The van der Waals surface area contributed by atoms with Crippen LogP contribution in [0.25, 0.3) is 0 Å². The van der Waals surface area contributed by atoms with Crippen molar-refractivity contribution in [2.24, 2.45) is 0 Å². The molecule has 0 unspecified atom stereocenters. The number of nitrogens with one attached hydrogen (secondary N) is 2. The van der Waals surface area contributed by atoms with E-state index in [2.05, 4.69) is 10.6 Å². The third-order valence-corrected chi connectivity index (χ3v) is 3.76. The predicted molar refractivity (Wildman–Crippen MR) is 94.9 cm³/mol. The van der Waals surface area contributed by atoms with E-state index < -0.39 is 0 Å². The molecule has 2 rings (SSSR count). The van der Waals surface area contributed by atoms with Gasteiger partial charge in [0.15, 0.2) is 0 Å². The first-order valence-corrected chi connectivity index (χ1v) is 7.77. The van der Waals surface area contributed by atoms with Gasteiger partial charge in [0, 0.05) is 5.56 Å². The summed E-state index contributed by atoms with van der Waals surface area (Å²) in [5.74, 6) is -0.0148. The van der Waals surface area contributed by atoms with Gasteiger partial charge in [-0.2, -0.15) is 0 Å². The van der Waals surface area contributed by atoms with Gasteiger partial charge in [-0.05, 0) is 55.3 Å². The number of amides is 2. The van der Waals surface area contributed by atoms with Gasteiger partial charge in [-0.3, -0.25) is 9.59 Å². The highest BCUT2D eigenvalue weighted by molar-refractivity contribution is 6.34. The van der Waals surface area contributed by atoms with Gasteiger partial charge in [-0.15, -0.1) is 0 Å². The normalized spacial score (nSPS) is 10.2. The van der Waals surface area contributed by atoms with Gasteiger partial charge in [0.25, 0.3) is 5.91 Å². The Labute approximate surface area is 146 Å². The maximum Gasteiger partial charge on any atom is 0.251 e. The van der Waals surface area contributed by atoms with E-state index in [4.69, 9.17) is 16.3 Å². The molecule has 0 fully saturated rings. The molecule has 6 heteroatoms. The number of carbonyl (C=O) groups excluding carboxylic acids is 2. The maximum absolute atomic E-state index is 12.0. The van der Waals surface area contributed by atoms with Crippen LogP contribution in [0.4, 0.5) is 5.69 Å². The molecule has 0 atom stereocenters. The van der Waals surface area contributed by atoms with Gasteiger partial charge in [0.2, 0.25) is 5.91 Å². The molecule has 0 saturated heterocycles. The zero-order valence-electron chi connectivity index (χ0n) is 13.8. The summed E-state index contributed by atoms with van der Waals surface area (Å²) < 4.78 is 5.04. The number of ether oxygens (including phenoxy) is 1. The standard InChI is InChI=1S/C18H19ClN2O3/c1-11-8-12(2)17(15(19)9-11)21-16(22)10-20-18(23)13-4-6-14(24-3)7-5-13/h4-9H,10H2,1-3H3,(H,20,23)(H,21,22). The lowest BCUT2D eigenvalue weighted by Crippen LogP contribution is -2.33. The Bertz CT molecular complexity index is 734. The van der Waals surface area contributed by atoms with Crippen molar-refractivity contribution in [2.45, 2.75) is 13.8 Å². The number of methoxy groups -OCH3 is 1. The van der Waals surface area contributed by atoms with E-state index in [-0.39, 0.29) is 18.4 Å². The minimum Gasteiger partial charge on any atom is -0.497 e. The molecule has 0 heterocycles. The highest BCUT2D eigenvalue weighted by Crippen LogP contribution is 2.27. The van der Waals surface area contributed by atoms with Crippen LogP contribution in [-0.4, -0.2) is 25.5 Å². The molecule has 2 aromatic rings. The molecule has 0 saturated carbocycles. The van der Waals surface area contributed by atoms with Crippen molar-refractivity contribution in [1.82, 2.24) is 5.32 Å². The second kappa shape index (κ2) is 7.84. The largest absolute Gasteiger partial charge is 0.497 e. The van der Waals surface area contributed by atoms with Gasteiger partial charge >= 0.3 is 0 Å². The van der Waals surface area contributed by atoms with Gasteiger partial charge < -0.3 is 15.4 Å². The smallest absolute Gasteiger partial charge is 0.251 e. The number of hydrogen-bond donors (Lipinski definition) is 2. The number of halogens is 1. The van der Waals surface area contributed by atoms with Crippen molar-refractivity contribution < 1.29 is 14.3 Å². The van der Waals surface area contributed by atoms with Crippen LogP contribution in [0.2, 0.25) is 5.02 Å². The molecule has 0 spiro atoms. The number of anilines is 1. The zero-order chi connectivity index (χ0) is 17.7. The van der Waals surface area contributed by atoms with Crippen molar-refractivity contribution in [3.63, 3.8) is 0 Å². The third-order valence-electron chi connectivity index (χ3n) is 3.46. The highest BCUT2D eigenvalue weighted by atomic mass is 35.5. The summed E-state index contributed by atoms with van der Waals surface area (Å²) in [6, 6.07) is 10.3. The Morgan fingerprint density at radius 3 is 2.38 bits per heavy atom. The fraction of sp³-hybridized carbons (Fsp3) is 0.222. The SMILES string of the molecule is COc1ccc(C(=O)NCC(=O)Nc2c(C)cc(C)cc2Cl)cc1. The molecular formula is C18H19ClN2O3. The number of benzene rings is 2. The minimum absolute atomic E-state index is 0.144. The van der Waals surface area contributed by atoms with Crippen molar-refractivity contribution in [1.29, 1.82) is 0 Å². The average Bonchev–Trinajstić information content (AvgIpc) is 2.56. The second-order valence-corrected chi connectivity index (χ2v) is 5.81. The van der Waals surface area contributed by atoms with Crippen molar-refractivity contribution in [3.8, 4) is 5.75 Å². The topological polar surface area (TPSA) is 67.4 Å². The van der Waals surface area contributed by atoms with E-state index >= 15 is 0 Å². The number of hydrogen-bond acceptors (Lipinski definition) is 3. The van der Waals surface area contributed by atoms with Crippen LogP contribution in [0.1, 0.15) is 21.5 Å². The van der Waals surface area contributed by atoms with E-state index in [0.717, 1.165) is 11.1 Å². The van der Waals surface area contributed by atoms with E-state index in [0.29, 0.717) is 22.0 Å². The van der Waals surface area contributed by atoms with Crippen LogP contribution in [0.15, 0.2) is 36.4 Å². The molecule has 2 aromatic carbocycles. The van der Waals surface area contributed by atoms with E-state index in [1.165, 1.54) is 0 Å². The Balaban J connectivity index is 1.94. The van der Waals surface area contributed by atoms with Crippen LogP contribution in [-0.2, 0) is 4.79 Å². The molecule has 0 aromatic heterocycles. The summed E-state index contributed by atoms with van der Waals surface area (Å²) in [4.78, 5) is 24.1. The fourth-order valence-electron chi connectivity index (χ4n) is 2.26. The van der Waals surface area contributed by atoms with Crippen molar-refractivity contribution >= 4 is 29.1 Å². The summed E-state index contributed by atoms with van der Waals surface area (Å²) in [6.07, 6.45) is 0. The molecule has 0 radical (unpaired) electrons. The quantitative estimate of drug-likeness (QED) is 0.872. The van der Waals surface area contributed by atoms with Crippen molar-refractivity contribution in [2.75, 3.05) is 19.0 Å². The fourth-order valence-corrected chi connectivity index (χ4v) is 2.63.